The molecule has 0 unspecified atom stereocenters. The molecule has 18 heavy (non-hydrogen) atoms. The van der Waals surface area contributed by atoms with Gasteiger partial charge < -0.3 is 10.3 Å². The number of aromatic nitrogens is 2. The third-order valence-corrected chi connectivity index (χ3v) is 3.45. The van der Waals surface area contributed by atoms with Crippen molar-refractivity contribution >= 4 is 62.3 Å². The Kier molecular flexibility index (Phi) is 4.17. The number of H-pyrrole nitrogens is 1. The van der Waals surface area contributed by atoms with E-state index in [2.05, 4.69) is 31.2 Å². The van der Waals surface area contributed by atoms with Gasteiger partial charge in [-0.2, -0.15) is 0 Å². The molecule has 2 aromatic rings. The van der Waals surface area contributed by atoms with Crippen LogP contribution in [0.25, 0.3) is 0 Å². The number of hydrogen-bond acceptors (Lipinski definition) is 2. The van der Waals surface area contributed by atoms with Crippen LogP contribution in [0.2, 0.25) is 15.3 Å². The Balaban J connectivity index is 2.23. The summed E-state index contributed by atoms with van der Waals surface area (Å²) in [6.45, 7) is 0. The van der Waals surface area contributed by atoms with Gasteiger partial charge in [0.2, 0.25) is 0 Å². The number of halogens is 4. The number of aromatic amines is 1. The molecule has 0 spiro atoms. The summed E-state index contributed by atoms with van der Waals surface area (Å²) in [5, 5.41) is 3.27. The Hall–Kier alpha value is -0.750. The van der Waals surface area contributed by atoms with Crippen molar-refractivity contribution in [2.45, 2.75) is 0 Å². The van der Waals surface area contributed by atoms with Crippen molar-refractivity contribution in [2.75, 3.05) is 5.32 Å². The first kappa shape index (κ1) is 13.7. The maximum atomic E-state index is 11.9. The van der Waals surface area contributed by atoms with E-state index >= 15 is 0 Å². The van der Waals surface area contributed by atoms with Crippen molar-refractivity contribution < 1.29 is 4.79 Å². The van der Waals surface area contributed by atoms with Gasteiger partial charge in [-0.3, -0.25) is 4.79 Å². The molecular weight excluding hydrogens is 364 g/mol. The fraction of sp³-hybridized carbons (Fsp3) is 0. The van der Waals surface area contributed by atoms with Crippen molar-refractivity contribution in [3.63, 3.8) is 0 Å². The van der Waals surface area contributed by atoms with Crippen LogP contribution < -0.4 is 5.32 Å². The standard InChI is InChI=1S/C10H5BrCl3N3O/c11-4-1-6(9(14)15-3-4)17-10(18)7-2-5(12)8(13)16-7/h1-3,16H,(H,17,18). The van der Waals surface area contributed by atoms with Crippen LogP contribution >= 0.6 is 50.7 Å². The van der Waals surface area contributed by atoms with Crippen molar-refractivity contribution in [3.8, 4) is 0 Å². The summed E-state index contributed by atoms with van der Waals surface area (Å²) in [4.78, 5) is 18.4. The normalized spacial score (nSPS) is 10.4. The lowest BCUT2D eigenvalue weighted by molar-refractivity contribution is 0.102. The number of nitrogens with zero attached hydrogens (tertiary/aromatic N) is 1. The minimum Gasteiger partial charge on any atom is -0.340 e. The number of carbonyl (C=O) groups excluding carboxylic acids is 1. The predicted molar refractivity (Wildman–Crippen MR) is 75.7 cm³/mol. The van der Waals surface area contributed by atoms with Gasteiger partial charge in [0.15, 0.2) is 5.15 Å². The number of rotatable bonds is 2. The predicted octanol–water partition coefficient (Wildman–Crippen LogP) is 4.38. The Morgan fingerprint density at radius 1 is 1.33 bits per heavy atom. The van der Waals surface area contributed by atoms with Gasteiger partial charge in [0.05, 0.1) is 10.7 Å². The molecule has 2 heterocycles. The first-order chi connectivity index (χ1) is 8.47. The smallest absolute Gasteiger partial charge is 0.272 e. The molecule has 1 amide bonds. The third kappa shape index (κ3) is 2.98. The summed E-state index contributed by atoms with van der Waals surface area (Å²) >= 11 is 20.6. The molecule has 0 saturated heterocycles. The van der Waals surface area contributed by atoms with E-state index in [0.717, 1.165) is 0 Å². The van der Waals surface area contributed by atoms with Gasteiger partial charge >= 0.3 is 0 Å². The molecule has 0 fully saturated rings. The van der Waals surface area contributed by atoms with Gasteiger partial charge in [-0.15, -0.1) is 0 Å². The van der Waals surface area contributed by atoms with Crippen LogP contribution in [0.1, 0.15) is 10.5 Å². The molecule has 2 aromatic heterocycles. The molecule has 8 heteroatoms. The van der Waals surface area contributed by atoms with Crippen LogP contribution in [0.3, 0.4) is 0 Å². The topological polar surface area (TPSA) is 57.8 Å². The molecule has 0 aliphatic heterocycles. The zero-order valence-corrected chi connectivity index (χ0v) is 12.5. The Labute approximate surface area is 126 Å². The maximum absolute atomic E-state index is 11.9. The van der Waals surface area contributed by atoms with Crippen LogP contribution in [0.5, 0.6) is 0 Å². The maximum Gasteiger partial charge on any atom is 0.272 e. The average molecular weight is 369 g/mol. The second kappa shape index (κ2) is 5.48. The molecule has 94 valence electrons. The molecule has 2 rings (SSSR count). The van der Waals surface area contributed by atoms with E-state index in [1.54, 1.807) is 6.07 Å². The summed E-state index contributed by atoms with van der Waals surface area (Å²) in [5.74, 6) is -0.411. The van der Waals surface area contributed by atoms with E-state index < -0.39 is 5.91 Å². The number of hydrogen-bond donors (Lipinski definition) is 2. The minimum absolute atomic E-state index is 0.190. The molecule has 0 aliphatic carbocycles. The molecular formula is C10H5BrCl3N3O. The van der Waals surface area contributed by atoms with Crippen molar-refractivity contribution in [2.24, 2.45) is 0 Å². The summed E-state index contributed by atoms with van der Waals surface area (Å²) < 4.78 is 0.699. The van der Waals surface area contributed by atoms with Crippen molar-refractivity contribution in [1.82, 2.24) is 9.97 Å². The lowest BCUT2D eigenvalue weighted by Crippen LogP contribution is -2.12. The molecule has 0 radical (unpaired) electrons. The largest absolute Gasteiger partial charge is 0.340 e. The molecule has 2 N–H and O–H groups in total. The molecule has 0 bridgehead atoms. The second-order valence-electron chi connectivity index (χ2n) is 3.29. The minimum atomic E-state index is -0.411. The molecule has 0 aromatic carbocycles. The molecule has 4 nitrogen and oxygen atoms in total. The van der Waals surface area contributed by atoms with Gasteiger partial charge in [0, 0.05) is 10.7 Å². The van der Waals surface area contributed by atoms with Gasteiger partial charge in [-0.25, -0.2) is 4.98 Å². The summed E-state index contributed by atoms with van der Waals surface area (Å²) in [6.07, 6.45) is 1.53. The Morgan fingerprint density at radius 2 is 2.06 bits per heavy atom. The highest BCUT2D eigenvalue weighted by Gasteiger charge is 2.13. The van der Waals surface area contributed by atoms with Crippen LogP contribution in [0.15, 0.2) is 22.8 Å². The van der Waals surface area contributed by atoms with E-state index in [9.17, 15) is 4.79 Å². The number of anilines is 1. The van der Waals surface area contributed by atoms with E-state index in [0.29, 0.717) is 10.2 Å². The van der Waals surface area contributed by atoms with Gasteiger partial charge in [0.25, 0.3) is 5.91 Å². The SMILES string of the molecule is O=C(Nc1cc(Br)cnc1Cl)c1cc(Cl)c(Cl)[nH]1. The highest BCUT2D eigenvalue weighted by molar-refractivity contribution is 9.10. The Bertz CT molecular complexity index is 595. The third-order valence-electron chi connectivity index (χ3n) is 2.02. The summed E-state index contributed by atoms with van der Waals surface area (Å²) in [5.41, 5.74) is 0.624. The first-order valence-corrected chi connectivity index (χ1v) is 6.56. The van der Waals surface area contributed by atoms with Crippen LogP contribution in [0.4, 0.5) is 5.69 Å². The van der Waals surface area contributed by atoms with Crippen LogP contribution in [-0.2, 0) is 0 Å². The number of nitrogens with one attached hydrogen (secondary N) is 2. The lowest BCUT2D eigenvalue weighted by atomic mass is 10.3. The fourth-order valence-electron chi connectivity index (χ4n) is 1.23. The summed E-state index contributed by atoms with van der Waals surface area (Å²) in [7, 11) is 0. The van der Waals surface area contributed by atoms with Gasteiger partial charge in [-0.1, -0.05) is 34.8 Å². The fourth-order valence-corrected chi connectivity index (χ4v) is 2.02. The summed E-state index contributed by atoms with van der Waals surface area (Å²) in [6, 6.07) is 3.07. The van der Waals surface area contributed by atoms with E-state index in [4.69, 9.17) is 34.8 Å². The number of amides is 1. The highest BCUT2D eigenvalue weighted by atomic mass is 79.9. The van der Waals surface area contributed by atoms with E-state index in [1.807, 2.05) is 0 Å². The zero-order chi connectivity index (χ0) is 13.3. The van der Waals surface area contributed by atoms with Crippen molar-refractivity contribution in [1.29, 1.82) is 0 Å². The van der Waals surface area contributed by atoms with Crippen LogP contribution in [0, 0.1) is 0 Å². The van der Waals surface area contributed by atoms with E-state index in [1.165, 1.54) is 12.3 Å². The molecule has 0 aliphatic rings. The average Bonchev–Trinajstić information content (AvgIpc) is 2.64. The zero-order valence-electron chi connectivity index (χ0n) is 8.60. The first-order valence-electron chi connectivity index (χ1n) is 4.64. The van der Waals surface area contributed by atoms with E-state index in [-0.39, 0.29) is 21.0 Å². The van der Waals surface area contributed by atoms with Gasteiger partial charge in [0.1, 0.15) is 10.8 Å². The van der Waals surface area contributed by atoms with Gasteiger partial charge in [-0.05, 0) is 28.1 Å². The lowest BCUT2D eigenvalue weighted by Gasteiger charge is -2.05. The van der Waals surface area contributed by atoms with Crippen LogP contribution in [-0.4, -0.2) is 15.9 Å². The monoisotopic (exact) mass is 367 g/mol. The second-order valence-corrected chi connectivity index (χ2v) is 5.35. The Morgan fingerprint density at radius 3 is 2.67 bits per heavy atom. The van der Waals surface area contributed by atoms with Crippen molar-refractivity contribution in [3.05, 3.63) is 43.8 Å². The quantitative estimate of drug-likeness (QED) is 0.772. The number of carbonyl (C=O) groups is 1. The molecule has 0 saturated carbocycles. The highest BCUT2D eigenvalue weighted by Crippen LogP contribution is 2.25. The molecule has 0 atom stereocenters. The number of pyridine rings is 1.